The van der Waals surface area contributed by atoms with E-state index >= 15 is 0 Å². The number of ether oxygens (including phenoxy) is 2. The molecule has 1 saturated heterocycles. The van der Waals surface area contributed by atoms with Crippen LogP contribution in [0, 0.1) is 10.1 Å². The van der Waals surface area contributed by atoms with Crippen LogP contribution in [0.3, 0.4) is 0 Å². The van der Waals surface area contributed by atoms with Gasteiger partial charge in [-0.1, -0.05) is 91.0 Å². The molecule has 0 saturated carbocycles. The summed E-state index contributed by atoms with van der Waals surface area (Å²) in [6, 6.07) is 30.1. The second-order valence-electron chi connectivity index (χ2n) is 8.94. The Morgan fingerprint density at radius 3 is 1.77 bits per heavy atom. The van der Waals surface area contributed by atoms with Crippen LogP contribution < -0.4 is 11.2 Å². The highest BCUT2D eigenvalue weighted by atomic mass is 35.5. The summed E-state index contributed by atoms with van der Waals surface area (Å²) < 4.78 is 13.6. The Kier molecular flexibility index (Phi) is 7.67. The molecule has 4 atom stereocenters. The number of rotatable bonds is 8. The van der Waals surface area contributed by atoms with Gasteiger partial charge in [0.1, 0.15) is 11.7 Å². The van der Waals surface area contributed by atoms with Crippen molar-refractivity contribution in [2.75, 3.05) is 6.61 Å². The van der Waals surface area contributed by atoms with Crippen molar-refractivity contribution in [1.29, 1.82) is 0 Å². The zero-order chi connectivity index (χ0) is 27.6. The van der Waals surface area contributed by atoms with Gasteiger partial charge in [-0.05, 0) is 16.7 Å². The molecule has 39 heavy (non-hydrogen) atoms. The number of nitrogens with zero attached hydrogens (tertiary/aromatic N) is 3. The summed E-state index contributed by atoms with van der Waals surface area (Å²) in [6.45, 7) is -0.0316. The van der Waals surface area contributed by atoms with E-state index in [1.165, 1.54) is 0 Å². The summed E-state index contributed by atoms with van der Waals surface area (Å²) in [7, 11) is 0. The van der Waals surface area contributed by atoms with E-state index < -0.39 is 45.0 Å². The molecule has 0 unspecified atom stereocenters. The van der Waals surface area contributed by atoms with Crippen molar-refractivity contribution in [1.82, 2.24) is 9.24 Å². The van der Waals surface area contributed by atoms with Crippen LogP contribution in [0.2, 0.25) is 0 Å². The molecule has 4 aromatic rings. The summed E-state index contributed by atoms with van der Waals surface area (Å²) >= 11 is 13.2. The van der Waals surface area contributed by atoms with Crippen molar-refractivity contribution in [3.8, 4) is 0 Å². The molecule has 2 heterocycles. The van der Waals surface area contributed by atoms with E-state index in [1.54, 1.807) is 0 Å². The van der Waals surface area contributed by atoms with Gasteiger partial charge >= 0.3 is 11.2 Å². The maximum Gasteiger partial charge on any atom is 0.394 e. The Balaban J connectivity index is 1.53. The van der Waals surface area contributed by atoms with Gasteiger partial charge in [-0.2, -0.15) is 0 Å². The number of aromatic nitrogens is 2. The van der Waals surface area contributed by atoms with Gasteiger partial charge in [0.15, 0.2) is 11.3 Å². The molecule has 1 fully saturated rings. The van der Waals surface area contributed by atoms with Crippen molar-refractivity contribution in [2.45, 2.75) is 28.7 Å². The Bertz CT molecular complexity index is 1470. The van der Waals surface area contributed by atoms with Crippen LogP contribution in [-0.2, 0) is 15.1 Å². The first kappa shape index (κ1) is 26.8. The molecular weight excluding hydrogens is 545 g/mol. The highest BCUT2D eigenvalue weighted by molar-refractivity contribution is 6.30. The Morgan fingerprint density at radius 2 is 1.31 bits per heavy atom. The smallest absolute Gasteiger partial charge is 0.358 e. The quantitative estimate of drug-likeness (QED) is 0.137. The van der Waals surface area contributed by atoms with Gasteiger partial charge in [-0.3, -0.25) is 9.36 Å². The van der Waals surface area contributed by atoms with E-state index in [2.05, 4.69) is 0 Å². The minimum absolute atomic E-state index is 0.0316. The molecule has 0 bridgehead atoms. The van der Waals surface area contributed by atoms with Crippen molar-refractivity contribution in [3.05, 3.63) is 151 Å². The van der Waals surface area contributed by atoms with Gasteiger partial charge < -0.3 is 9.47 Å². The molecule has 9 nitrogen and oxygen atoms in total. The first-order valence-corrected chi connectivity index (χ1v) is 12.9. The molecule has 1 aliphatic rings. The summed E-state index contributed by atoms with van der Waals surface area (Å²) in [5.41, 5.74) is -0.689. The van der Waals surface area contributed by atoms with Crippen molar-refractivity contribution >= 4 is 23.2 Å². The Labute approximate surface area is 232 Å². The number of hydrogen-bond acceptors (Lipinski definition) is 6. The first-order valence-electron chi connectivity index (χ1n) is 12.1. The van der Waals surface area contributed by atoms with Gasteiger partial charge in [0.05, 0.1) is 17.4 Å². The summed E-state index contributed by atoms with van der Waals surface area (Å²) in [5.74, 6) is 0. The largest absolute Gasteiger partial charge is 0.394 e. The molecule has 11 heteroatoms. The summed E-state index contributed by atoms with van der Waals surface area (Å²) in [6.07, 6.45) is -0.848. The number of nitro groups is 1. The van der Waals surface area contributed by atoms with E-state index in [0.29, 0.717) is 0 Å². The lowest BCUT2D eigenvalue weighted by atomic mass is 9.80. The molecule has 0 N–H and O–H groups in total. The summed E-state index contributed by atoms with van der Waals surface area (Å²) in [4.78, 5) is 35.9. The third-order valence-corrected chi connectivity index (χ3v) is 7.85. The average Bonchev–Trinajstić information content (AvgIpc) is 3.24. The van der Waals surface area contributed by atoms with Crippen LogP contribution in [0.4, 0.5) is 0 Å². The van der Waals surface area contributed by atoms with E-state index in [9.17, 15) is 19.7 Å². The third-order valence-electron chi connectivity index (χ3n) is 6.68. The number of alkyl halides is 2. The molecule has 0 spiro atoms. The lowest BCUT2D eigenvalue weighted by Gasteiger charge is -2.37. The van der Waals surface area contributed by atoms with Crippen LogP contribution in [0.25, 0.3) is 0 Å². The molecule has 0 radical (unpaired) electrons. The van der Waals surface area contributed by atoms with Gasteiger partial charge in [-0.15, -0.1) is 23.2 Å². The maximum absolute atomic E-state index is 12.7. The van der Waals surface area contributed by atoms with Crippen LogP contribution >= 0.6 is 23.2 Å². The third kappa shape index (κ3) is 4.90. The molecule has 5 rings (SSSR count). The van der Waals surface area contributed by atoms with Gasteiger partial charge in [0.2, 0.25) is 0 Å². The van der Waals surface area contributed by atoms with Crippen molar-refractivity contribution < 1.29 is 14.5 Å². The molecule has 0 amide bonds. The van der Waals surface area contributed by atoms with Gasteiger partial charge in [0, 0.05) is 16.9 Å². The summed E-state index contributed by atoms with van der Waals surface area (Å²) in [5, 5.41) is 8.41. The highest BCUT2D eigenvalue weighted by Crippen LogP contribution is 2.42. The molecule has 0 aliphatic carbocycles. The fraction of sp³-hybridized carbons (Fsp3) is 0.214. The molecular formula is C28H23Cl2N3O6. The predicted octanol–water partition coefficient (Wildman–Crippen LogP) is 4.17. The van der Waals surface area contributed by atoms with Crippen LogP contribution in [0.1, 0.15) is 22.9 Å². The van der Waals surface area contributed by atoms with Gasteiger partial charge in [-0.25, -0.2) is 14.9 Å². The molecule has 200 valence electrons. The second-order valence-corrected chi connectivity index (χ2v) is 9.95. The number of halogens is 2. The fourth-order valence-corrected chi connectivity index (χ4v) is 5.44. The first-order chi connectivity index (χ1) is 18.8. The second kappa shape index (κ2) is 11.2. The number of hydrogen-bond donors (Lipinski definition) is 0. The van der Waals surface area contributed by atoms with E-state index in [-0.39, 0.29) is 11.3 Å². The zero-order valence-corrected chi connectivity index (χ0v) is 21.9. The lowest BCUT2D eigenvalue weighted by Crippen LogP contribution is -2.45. The molecule has 1 aromatic heterocycles. The van der Waals surface area contributed by atoms with Crippen molar-refractivity contribution in [2.24, 2.45) is 0 Å². The van der Waals surface area contributed by atoms with Crippen molar-refractivity contribution in [3.63, 3.8) is 0 Å². The zero-order valence-electron chi connectivity index (χ0n) is 20.4. The van der Waals surface area contributed by atoms with Gasteiger partial charge in [0.25, 0.3) is 0 Å². The maximum atomic E-state index is 12.7. The minimum atomic E-state index is -1.19. The predicted molar refractivity (Wildman–Crippen MR) is 146 cm³/mol. The lowest BCUT2D eigenvalue weighted by molar-refractivity contribution is -0.549. The normalized spacial score (nSPS) is 21.1. The molecule has 3 aromatic carbocycles. The fourth-order valence-electron chi connectivity index (χ4n) is 4.84. The standard InChI is InChI=1S/C28H23Cl2N3O6/c29-24-22(39-26(25(24)30)31-17-16-23(34)32(27(31)35)33(36)37)18-38-28(19-10-4-1-5-11-19,20-12-6-2-7-13-20)21-14-8-3-9-15-21/h1-17,22,24-26H,18H2/t22-,24+,25+,26-/m1/s1. The number of benzene rings is 3. The minimum Gasteiger partial charge on any atom is -0.358 e. The average molecular weight is 568 g/mol. The SMILES string of the molecule is O=c1ccn([C@@H]2O[C@H](COC(c3ccccc3)(c3ccccc3)c3ccccc3)[C@H](Cl)[C@@H]2Cl)c(=O)n1[N+](=O)[O-]. The Morgan fingerprint density at radius 1 is 0.821 bits per heavy atom. The van der Waals surface area contributed by atoms with Crippen LogP contribution in [-0.4, -0.2) is 37.7 Å². The van der Waals surface area contributed by atoms with E-state index in [0.717, 1.165) is 33.5 Å². The highest BCUT2D eigenvalue weighted by Gasteiger charge is 2.47. The molecule has 1 aliphatic heterocycles. The van der Waals surface area contributed by atoms with E-state index in [1.807, 2.05) is 91.0 Å². The van der Waals surface area contributed by atoms with Crippen LogP contribution in [0.5, 0.6) is 0 Å². The monoisotopic (exact) mass is 567 g/mol. The topological polar surface area (TPSA) is 106 Å². The van der Waals surface area contributed by atoms with Crippen LogP contribution in [0.15, 0.2) is 113 Å². The Hall–Kier alpha value is -3.76. The van der Waals surface area contributed by atoms with E-state index in [4.69, 9.17) is 32.7 Å².